The standard InChI is InChI=1S/C14H19NO3.ClH/c1-9(2)10-4-5-13(17-3)11(8-10)12-6-7-18-14(16)15-12;/h4-5,8-9,12H,6-7H2,1-3H3,(H,15,16);1H/t12-;/m1./s1. The van der Waals surface area contributed by atoms with Crippen LogP contribution in [0.2, 0.25) is 0 Å². The minimum atomic E-state index is -0.358. The predicted molar refractivity (Wildman–Crippen MR) is 76.2 cm³/mol. The highest BCUT2D eigenvalue weighted by atomic mass is 35.5. The van der Waals surface area contributed by atoms with Gasteiger partial charge in [-0.3, -0.25) is 0 Å². The van der Waals surface area contributed by atoms with E-state index in [0.717, 1.165) is 17.7 Å². The Bertz CT molecular complexity index is 448. The first-order valence-electron chi connectivity index (χ1n) is 6.23. The quantitative estimate of drug-likeness (QED) is 0.926. The van der Waals surface area contributed by atoms with E-state index in [1.54, 1.807) is 7.11 Å². The Labute approximate surface area is 119 Å². The lowest BCUT2D eigenvalue weighted by Gasteiger charge is -2.26. The lowest BCUT2D eigenvalue weighted by Crippen LogP contribution is -2.35. The van der Waals surface area contributed by atoms with Crippen LogP contribution in [0, 0.1) is 0 Å². The zero-order valence-corrected chi connectivity index (χ0v) is 12.3. The van der Waals surface area contributed by atoms with Gasteiger partial charge in [0.25, 0.3) is 0 Å². The molecule has 106 valence electrons. The molecule has 0 bridgehead atoms. The summed E-state index contributed by atoms with van der Waals surface area (Å²) in [6, 6.07) is 6.11. The molecule has 0 radical (unpaired) electrons. The Kier molecular flexibility index (Phi) is 5.48. The lowest BCUT2D eigenvalue weighted by molar-refractivity contribution is 0.115. The molecule has 1 amide bonds. The number of ether oxygens (including phenoxy) is 2. The van der Waals surface area contributed by atoms with E-state index in [-0.39, 0.29) is 24.5 Å². The van der Waals surface area contributed by atoms with Gasteiger partial charge in [-0.1, -0.05) is 19.9 Å². The molecule has 1 heterocycles. The number of carbonyl (C=O) groups excluding carboxylic acids is 1. The van der Waals surface area contributed by atoms with E-state index in [4.69, 9.17) is 9.47 Å². The molecule has 5 heteroatoms. The molecule has 0 aromatic heterocycles. The Morgan fingerprint density at radius 3 is 2.74 bits per heavy atom. The molecule has 0 spiro atoms. The van der Waals surface area contributed by atoms with Gasteiger partial charge in [-0.15, -0.1) is 12.4 Å². The van der Waals surface area contributed by atoms with Crippen LogP contribution in [0.4, 0.5) is 4.79 Å². The van der Waals surface area contributed by atoms with Crippen molar-refractivity contribution < 1.29 is 14.3 Å². The fourth-order valence-electron chi connectivity index (χ4n) is 2.14. The average Bonchev–Trinajstić information content (AvgIpc) is 2.38. The smallest absolute Gasteiger partial charge is 0.407 e. The van der Waals surface area contributed by atoms with Crippen molar-refractivity contribution in [2.45, 2.75) is 32.2 Å². The second-order valence-corrected chi connectivity index (χ2v) is 4.78. The van der Waals surface area contributed by atoms with Crippen LogP contribution in [-0.4, -0.2) is 19.8 Å². The zero-order chi connectivity index (χ0) is 13.1. The van der Waals surface area contributed by atoms with E-state index in [1.807, 2.05) is 6.07 Å². The van der Waals surface area contributed by atoms with Crippen LogP contribution >= 0.6 is 12.4 Å². The van der Waals surface area contributed by atoms with Crippen LogP contribution in [-0.2, 0) is 4.74 Å². The van der Waals surface area contributed by atoms with Gasteiger partial charge in [-0.25, -0.2) is 4.79 Å². The number of nitrogens with one attached hydrogen (secondary N) is 1. The first kappa shape index (κ1) is 15.6. The van der Waals surface area contributed by atoms with Crippen molar-refractivity contribution in [3.8, 4) is 5.75 Å². The molecule has 19 heavy (non-hydrogen) atoms. The minimum absolute atomic E-state index is 0. The van der Waals surface area contributed by atoms with Gasteiger partial charge in [0.1, 0.15) is 5.75 Å². The van der Waals surface area contributed by atoms with Crippen molar-refractivity contribution >= 4 is 18.5 Å². The highest BCUT2D eigenvalue weighted by Gasteiger charge is 2.24. The Morgan fingerprint density at radius 1 is 1.42 bits per heavy atom. The maximum atomic E-state index is 11.3. The van der Waals surface area contributed by atoms with Gasteiger partial charge in [0.15, 0.2) is 0 Å². The van der Waals surface area contributed by atoms with Crippen LogP contribution < -0.4 is 10.1 Å². The van der Waals surface area contributed by atoms with Gasteiger partial charge in [0.05, 0.1) is 19.8 Å². The largest absolute Gasteiger partial charge is 0.496 e. The van der Waals surface area contributed by atoms with E-state index in [9.17, 15) is 4.79 Å². The number of amides is 1. The zero-order valence-electron chi connectivity index (χ0n) is 11.4. The number of hydrogen-bond acceptors (Lipinski definition) is 3. The fraction of sp³-hybridized carbons (Fsp3) is 0.500. The fourth-order valence-corrected chi connectivity index (χ4v) is 2.14. The second kappa shape index (κ2) is 6.66. The first-order valence-corrected chi connectivity index (χ1v) is 6.23. The van der Waals surface area contributed by atoms with Crippen LogP contribution in [0.5, 0.6) is 5.75 Å². The Hall–Kier alpha value is -1.42. The molecule has 0 saturated carbocycles. The highest BCUT2D eigenvalue weighted by molar-refractivity contribution is 5.85. The Morgan fingerprint density at radius 2 is 2.16 bits per heavy atom. The highest BCUT2D eigenvalue weighted by Crippen LogP contribution is 2.31. The van der Waals surface area contributed by atoms with Gasteiger partial charge in [0, 0.05) is 12.0 Å². The molecule has 2 rings (SSSR count). The number of benzene rings is 1. The summed E-state index contributed by atoms with van der Waals surface area (Å²) in [5.41, 5.74) is 2.27. The summed E-state index contributed by atoms with van der Waals surface area (Å²) in [5, 5.41) is 2.83. The van der Waals surface area contributed by atoms with Gasteiger partial charge in [-0.05, 0) is 23.6 Å². The van der Waals surface area contributed by atoms with E-state index < -0.39 is 0 Å². The third kappa shape index (κ3) is 3.53. The number of alkyl carbamates (subject to hydrolysis) is 1. The molecule has 0 unspecified atom stereocenters. The Balaban J connectivity index is 0.00000180. The molecule has 1 aliphatic heterocycles. The molecule has 1 fully saturated rings. The molecular weight excluding hydrogens is 266 g/mol. The summed E-state index contributed by atoms with van der Waals surface area (Å²) in [7, 11) is 1.65. The van der Waals surface area contributed by atoms with E-state index in [1.165, 1.54) is 5.56 Å². The van der Waals surface area contributed by atoms with E-state index in [0.29, 0.717) is 12.5 Å². The van der Waals surface area contributed by atoms with Crippen molar-refractivity contribution in [1.82, 2.24) is 5.32 Å². The summed E-state index contributed by atoms with van der Waals surface area (Å²) < 4.78 is 10.3. The van der Waals surface area contributed by atoms with Crippen LogP contribution in [0.15, 0.2) is 18.2 Å². The van der Waals surface area contributed by atoms with Crippen molar-refractivity contribution in [3.63, 3.8) is 0 Å². The summed E-state index contributed by atoms with van der Waals surface area (Å²) in [5.74, 6) is 1.26. The summed E-state index contributed by atoms with van der Waals surface area (Å²) in [6.45, 7) is 4.74. The van der Waals surface area contributed by atoms with Gasteiger partial charge >= 0.3 is 6.09 Å². The van der Waals surface area contributed by atoms with E-state index in [2.05, 4.69) is 31.3 Å². The van der Waals surface area contributed by atoms with Crippen molar-refractivity contribution in [1.29, 1.82) is 0 Å². The maximum Gasteiger partial charge on any atom is 0.407 e. The molecule has 1 atom stereocenters. The summed E-state index contributed by atoms with van der Waals surface area (Å²) >= 11 is 0. The molecule has 4 nitrogen and oxygen atoms in total. The maximum absolute atomic E-state index is 11.3. The topological polar surface area (TPSA) is 47.6 Å². The third-order valence-electron chi connectivity index (χ3n) is 3.23. The molecule has 1 saturated heterocycles. The van der Waals surface area contributed by atoms with Crippen molar-refractivity contribution in [3.05, 3.63) is 29.3 Å². The van der Waals surface area contributed by atoms with Crippen LogP contribution in [0.25, 0.3) is 0 Å². The third-order valence-corrected chi connectivity index (χ3v) is 3.23. The van der Waals surface area contributed by atoms with Crippen LogP contribution in [0.3, 0.4) is 0 Å². The van der Waals surface area contributed by atoms with Gasteiger partial charge in [-0.2, -0.15) is 0 Å². The van der Waals surface area contributed by atoms with Gasteiger partial charge in [0.2, 0.25) is 0 Å². The molecule has 1 N–H and O–H groups in total. The molecule has 0 aliphatic carbocycles. The number of hydrogen-bond donors (Lipinski definition) is 1. The first-order chi connectivity index (χ1) is 8.61. The molecule has 1 aromatic rings. The van der Waals surface area contributed by atoms with Crippen LogP contribution in [0.1, 0.15) is 43.4 Å². The SMILES string of the molecule is COc1ccc(C(C)C)cc1[C@H]1CCOC(=O)N1.Cl. The number of cyclic esters (lactones) is 1. The monoisotopic (exact) mass is 285 g/mol. The number of methoxy groups -OCH3 is 1. The van der Waals surface area contributed by atoms with Crippen molar-refractivity contribution in [2.24, 2.45) is 0 Å². The number of carbonyl (C=O) groups is 1. The average molecular weight is 286 g/mol. The molecular formula is C14H20ClNO3. The second-order valence-electron chi connectivity index (χ2n) is 4.78. The molecule has 1 aromatic carbocycles. The number of rotatable bonds is 3. The number of halogens is 1. The van der Waals surface area contributed by atoms with E-state index >= 15 is 0 Å². The lowest BCUT2D eigenvalue weighted by atomic mass is 9.95. The van der Waals surface area contributed by atoms with Crippen molar-refractivity contribution in [2.75, 3.05) is 13.7 Å². The summed E-state index contributed by atoms with van der Waals surface area (Å²) in [4.78, 5) is 11.3. The van der Waals surface area contributed by atoms with Gasteiger partial charge < -0.3 is 14.8 Å². The summed E-state index contributed by atoms with van der Waals surface area (Å²) in [6.07, 6.45) is 0.409. The minimum Gasteiger partial charge on any atom is -0.496 e. The predicted octanol–water partition coefficient (Wildman–Crippen LogP) is 3.41. The normalized spacial score (nSPS) is 18.3. The molecule has 1 aliphatic rings.